The highest BCUT2D eigenvalue weighted by Gasteiger charge is 2.25. The van der Waals surface area contributed by atoms with E-state index in [9.17, 15) is 0 Å². The van der Waals surface area contributed by atoms with E-state index in [1.54, 1.807) is 7.11 Å². The van der Waals surface area contributed by atoms with E-state index < -0.39 is 0 Å². The predicted octanol–water partition coefficient (Wildman–Crippen LogP) is 4.03. The van der Waals surface area contributed by atoms with Gasteiger partial charge < -0.3 is 15.0 Å². The minimum atomic E-state index is 0. The summed E-state index contributed by atoms with van der Waals surface area (Å²) in [6, 6.07) is 8.47. The number of rotatable bonds is 6. The first-order valence-corrected chi connectivity index (χ1v) is 8.56. The van der Waals surface area contributed by atoms with Crippen molar-refractivity contribution in [3.8, 4) is 5.75 Å². The molecule has 0 aliphatic carbocycles. The zero-order valence-electron chi connectivity index (χ0n) is 15.0. The molecule has 1 aromatic carbocycles. The molecule has 4 nitrogen and oxygen atoms in total. The summed E-state index contributed by atoms with van der Waals surface area (Å²) in [4.78, 5) is 7.13. The zero-order chi connectivity index (χ0) is 16.5. The highest BCUT2D eigenvalue weighted by Crippen LogP contribution is 2.28. The van der Waals surface area contributed by atoms with Gasteiger partial charge in [-0.1, -0.05) is 24.3 Å². The molecule has 0 amide bonds. The number of halogens is 1. The van der Waals surface area contributed by atoms with Gasteiger partial charge in [-0.15, -0.1) is 24.0 Å². The lowest BCUT2D eigenvalue weighted by atomic mass is 9.98. The number of nitrogens with zero attached hydrogens (tertiary/aromatic N) is 2. The van der Waals surface area contributed by atoms with Crippen LogP contribution in [-0.4, -0.2) is 44.1 Å². The number of likely N-dealkylation sites (tertiary alicyclic amines) is 1. The van der Waals surface area contributed by atoms with Gasteiger partial charge in [0.2, 0.25) is 0 Å². The van der Waals surface area contributed by atoms with Gasteiger partial charge in [-0.3, -0.25) is 4.99 Å². The molecule has 1 atom stereocenters. The summed E-state index contributed by atoms with van der Waals surface area (Å²) in [5, 5.41) is 3.42. The quantitative estimate of drug-likeness (QED) is 0.237. The summed E-state index contributed by atoms with van der Waals surface area (Å²) >= 11 is 0. The van der Waals surface area contributed by atoms with Gasteiger partial charge in [0.25, 0.3) is 0 Å². The Labute approximate surface area is 163 Å². The van der Waals surface area contributed by atoms with Crippen molar-refractivity contribution in [1.29, 1.82) is 0 Å². The van der Waals surface area contributed by atoms with Crippen molar-refractivity contribution in [1.82, 2.24) is 10.2 Å². The lowest BCUT2D eigenvalue weighted by molar-refractivity contribution is 0.414. The lowest BCUT2D eigenvalue weighted by Crippen LogP contribution is -2.40. The van der Waals surface area contributed by atoms with Crippen molar-refractivity contribution >= 4 is 29.9 Å². The van der Waals surface area contributed by atoms with Crippen molar-refractivity contribution < 1.29 is 4.74 Å². The maximum atomic E-state index is 5.24. The molecule has 1 aliphatic heterocycles. The fraction of sp³-hybridized carbons (Fsp3) is 0.526. The molecule has 1 unspecified atom stereocenters. The van der Waals surface area contributed by atoms with Crippen LogP contribution in [0.3, 0.4) is 0 Å². The van der Waals surface area contributed by atoms with Crippen molar-refractivity contribution in [2.75, 3.05) is 33.3 Å². The van der Waals surface area contributed by atoms with Gasteiger partial charge in [0, 0.05) is 32.1 Å². The maximum Gasteiger partial charge on any atom is 0.193 e. The Morgan fingerprint density at radius 2 is 2.12 bits per heavy atom. The van der Waals surface area contributed by atoms with Gasteiger partial charge in [-0.2, -0.15) is 0 Å². The van der Waals surface area contributed by atoms with Crippen LogP contribution in [0.25, 0.3) is 0 Å². The van der Waals surface area contributed by atoms with Crippen LogP contribution in [0, 0.1) is 0 Å². The zero-order valence-corrected chi connectivity index (χ0v) is 17.3. The third-order valence-electron chi connectivity index (χ3n) is 4.20. The molecule has 1 aromatic rings. The van der Waals surface area contributed by atoms with Crippen molar-refractivity contribution in [3.63, 3.8) is 0 Å². The van der Waals surface area contributed by atoms with E-state index in [-0.39, 0.29) is 24.0 Å². The fourth-order valence-corrected chi connectivity index (χ4v) is 2.94. The number of guanidine groups is 1. The number of methoxy groups -OCH3 is 1. The van der Waals surface area contributed by atoms with Crippen LogP contribution in [0.5, 0.6) is 5.75 Å². The molecule has 1 fully saturated rings. The summed E-state index contributed by atoms with van der Waals surface area (Å²) < 4.78 is 5.24. The Balaban J connectivity index is 0.00000288. The molecular formula is C19H30IN3O. The first-order valence-electron chi connectivity index (χ1n) is 8.56. The summed E-state index contributed by atoms with van der Waals surface area (Å²) in [5.74, 6) is 2.54. The van der Waals surface area contributed by atoms with Crippen molar-refractivity contribution in [2.45, 2.75) is 32.6 Å². The molecule has 0 bridgehead atoms. The molecule has 2 rings (SSSR count). The Bertz CT molecular complexity index is 528. The van der Waals surface area contributed by atoms with E-state index in [4.69, 9.17) is 9.73 Å². The standard InChI is InChI=1S/C19H29N3O.HI/c1-4-6-7-13-21-19(20-5-2)22-14-12-17(15-22)16-8-10-18(23-3)11-9-16;/h4,6,8-11,17H,5,7,12-15H2,1-3H3,(H,20,21);1H/b6-4+;. The van der Waals surface area contributed by atoms with Gasteiger partial charge in [0.05, 0.1) is 7.11 Å². The van der Waals surface area contributed by atoms with E-state index in [0.29, 0.717) is 5.92 Å². The van der Waals surface area contributed by atoms with Gasteiger partial charge >= 0.3 is 0 Å². The Morgan fingerprint density at radius 1 is 1.38 bits per heavy atom. The second kappa shape index (κ2) is 11.3. The molecule has 1 aliphatic rings. The van der Waals surface area contributed by atoms with E-state index in [0.717, 1.165) is 44.3 Å². The van der Waals surface area contributed by atoms with Crippen LogP contribution in [0.4, 0.5) is 0 Å². The van der Waals surface area contributed by atoms with E-state index in [1.807, 2.05) is 12.1 Å². The normalized spacial score (nSPS) is 17.9. The Kier molecular flexibility index (Phi) is 9.83. The van der Waals surface area contributed by atoms with E-state index in [1.165, 1.54) is 12.0 Å². The van der Waals surface area contributed by atoms with Crippen LogP contribution in [-0.2, 0) is 0 Å². The predicted molar refractivity (Wildman–Crippen MR) is 113 cm³/mol. The topological polar surface area (TPSA) is 36.9 Å². The fourth-order valence-electron chi connectivity index (χ4n) is 2.94. The Morgan fingerprint density at radius 3 is 2.75 bits per heavy atom. The van der Waals surface area contributed by atoms with Gasteiger partial charge in [-0.25, -0.2) is 0 Å². The lowest BCUT2D eigenvalue weighted by Gasteiger charge is -2.21. The molecule has 1 N–H and O–H groups in total. The van der Waals surface area contributed by atoms with Crippen LogP contribution in [0.15, 0.2) is 41.4 Å². The second-order valence-corrected chi connectivity index (χ2v) is 5.80. The molecule has 0 saturated carbocycles. The minimum Gasteiger partial charge on any atom is -0.497 e. The summed E-state index contributed by atoms with van der Waals surface area (Å²) in [6.45, 7) is 8.02. The first-order chi connectivity index (χ1) is 11.3. The van der Waals surface area contributed by atoms with Gasteiger partial charge in [-0.05, 0) is 44.4 Å². The molecule has 0 aromatic heterocycles. The van der Waals surface area contributed by atoms with Crippen LogP contribution in [0.2, 0.25) is 0 Å². The summed E-state index contributed by atoms with van der Waals surface area (Å²) in [6.07, 6.45) is 6.42. The molecule has 0 radical (unpaired) electrons. The number of benzene rings is 1. The number of ether oxygens (including phenoxy) is 1. The van der Waals surface area contributed by atoms with Crippen LogP contribution < -0.4 is 10.1 Å². The highest BCUT2D eigenvalue weighted by molar-refractivity contribution is 14.0. The van der Waals surface area contributed by atoms with Gasteiger partial charge in [0.15, 0.2) is 5.96 Å². The third kappa shape index (κ3) is 6.00. The molecule has 134 valence electrons. The van der Waals surface area contributed by atoms with Crippen LogP contribution >= 0.6 is 24.0 Å². The van der Waals surface area contributed by atoms with E-state index in [2.05, 4.69) is 48.3 Å². The average Bonchev–Trinajstić information content (AvgIpc) is 3.07. The maximum absolute atomic E-state index is 5.24. The molecule has 24 heavy (non-hydrogen) atoms. The second-order valence-electron chi connectivity index (χ2n) is 5.80. The van der Waals surface area contributed by atoms with E-state index >= 15 is 0 Å². The van der Waals surface area contributed by atoms with Crippen molar-refractivity contribution in [2.24, 2.45) is 4.99 Å². The Hall–Kier alpha value is -1.24. The number of allylic oxidation sites excluding steroid dienone is 1. The number of aliphatic imine (C=N–C) groups is 1. The SMILES string of the molecule is C/C=C/CCN=C(NCC)N1CCC(c2ccc(OC)cc2)C1.I. The molecule has 1 heterocycles. The third-order valence-corrected chi connectivity index (χ3v) is 4.20. The summed E-state index contributed by atoms with van der Waals surface area (Å²) in [5.41, 5.74) is 1.39. The number of hydrogen-bond donors (Lipinski definition) is 1. The van der Waals surface area contributed by atoms with Crippen molar-refractivity contribution in [3.05, 3.63) is 42.0 Å². The number of hydrogen-bond acceptors (Lipinski definition) is 2. The molecular weight excluding hydrogens is 413 g/mol. The molecule has 5 heteroatoms. The molecule has 0 spiro atoms. The monoisotopic (exact) mass is 443 g/mol. The smallest absolute Gasteiger partial charge is 0.193 e. The summed E-state index contributed by atoms with van der Waals surface area (Å²) in [7, 11) is 1.71. The van der Waals surface area contributed by atoms with Crippen LogP contribution in [0.1, 0.15) is 38.2 Å². The first kappa shape index (κ1) is 20.8. The largest absolute Gasteiger partial charge is 0.497 e. The minimum absolute atomic E-state index is 0. The number of nitrogens with one attached hydrogen (secondary N) is 1. The average molecular weight is 443 g/mol. The molecule has 1 saturated heterocycles. The van der Waals surface area contributed by atoms with Gasteiger partial charge in [0.1, 0.15) is 5.75 Å². The highest BCUT2D eigenvalue weighted by atomic mass is 127.